The van der Waals surface area contributed by atoms with Crippen molar-refractivity contribution in [1.29, 1.82) is 0 Å². The van der Waals surface area contributed by atoms with E-state index in [2.05, 4.69) is 40.6 Å². The van der Waals surface area contributed by atoms with Crippen molar-refractivity contribution in [2.75, 3.05) is 159 Å². The Morgan fingerprint density at radius 1 is 0.472 bits per heavy atom. The van der Waals surface area contributed by atoms with E-state index in [1.165, 1.54) is 49.1 Å². The Labute approximate surface area is 832 Å². The Balaban J connectivity index is 0.000000443. The fraction of sp³-hybridized carbons (Fsp3) is 0.557. The van der Waals surface area contributed by atoms with Crippen molar-refractivity contribution in [3.63, 3.8) is 0 Å². The van der Waals surface area contributed by atoms with Gasteiger partial charge in [0.1, 0.15) is 41.7 Å². The molecule has 142 heavy (non-hydrogen) atoms. The molecule has 6 aromatic rings. The zero-order valence-electron chi connectivity index (χ0n) is 81.7. The molecule has 11 rings (SSSR count). The average Bonchev–Trinajstić information content (AvgIpc) is 0.806. The summed E-state index contributed by atoms with van der Waals surface area (Å²) < 4.78 is 176. The number of rotatable bonds is 28. The standard InChI is InChI=1S/C23H25F3N2O5.C23H27F3N2O3.C19H27NO4.C12H21NO4.C9H7BrF3NO3.C7H13NO2.C2H5B2O3.CH4O.CH4/c1-32-21(29)22(16-17-5-3-2-4-6-17)7-9-27(10-8-22)11-12-33-20-14-18(23(24,25)26)13-19(15-20)28(30)31;1-30-21(29)22(16-17-5-3-2-4-6-17)7-9-28(10-8-22)11-12-31-20-14-18(23(24,25)26)13-19(27)15-20;1-18(2,3)24-17(22)20-12-10-19(11-13-20,16(21)23-4)14-15-8-6-5-7-9-15;1-12(2,3)17-11(15)13-7-5-9(6-8-13)10(14)16-4;10-1-2-17-8-4-6(9(11,12)13)3-7(5-8)14(15)16;1-10-7(9)6-2-4-8-5-3-6;1-3-7-6-2-4-5;1-2;/h2-6,13-15H,7-12,16H2,1H3;2-6,13-15H,7-12,16,27H2,1H3;5-9H,10-14H2,1-4H3;9H,5-8H2,1-4H3;3-5H,1-2H2;6,8H,2-5H2,1H3;2H2,1H3;2H,1H3;1H4. The minimum absolute atomic E-state index is 0. The second-order valence-electron chi connectivity index (χ2n) is 35.0. The van der Waals surface area contributed by atoms with Crippen molar-refractivity contribution in [3.05, 3.63) is 199 Å². The molecule has 0 saturated carbocycles. The number of carbonyl (C=O) groups is 7. The molecule has 0 aliphatic carbocycles. The molecule has 0 unspecified atom stereocenters. The van der Waals surface area contributed by atoms with Crippen LogP contribution in [-0.2, 0) is 109 Å². The number of alkyl halides is 10. The molecule has 5 fully saturated rings. The van der Waals surface area contributed by atoms with E-state index in [0.717, 1.165) is 86.1 Å². The molecule has 6 aromatic carbocycles. The topological polar surface area (TPSA) is 405 Å². The van der Waals surface area contributed by atoms with Crippen LogP contribution in [0.5, 0.6) is 17.2 Å². The van der Waals surface area contributed by atoms with Gasteiger partial charge in [-0.25, -0.2) is 9.59 Å². The molecule has 0 aromatic heterocycles. The zero-order valence-corrected chi connectivity index (χ0v) is 83.3. The van der Waals surface area contributed by atoms with Crippen LogP contribution in [-0.4, -0.2) is 255 Å². The van der Waals surface area contributed by atoms with Crippen LogP contribution >= 0.6 is 15.9 Å². The Morgan fingerprint density at radius 2 is 0.789 bits per heavy atom. The number of methoxy groups -OCH3 is 5. The quantitative estimate of drug-likeness (QED) is 0.00392. The van der Waals surface area contributed by atoms with Crippen molar-refractivity contribution in [2.24, 2.45) is 28.1 Å². The van der Waals surface area contributed by atoms with Crippen LogP contribution < -0.4 is 25.3 Å². The second-order valence-corrected chi connectivity index (χ2v) is 35.8. The van der Waals surface area contributed by atoms with E-state index in [1.807, 2.05) is 137 Å². The van der Waals surface area contributed by atoms with Crippen LogP contribution in [0.2, 0.25) is 6.82 Å². The number of benzene rings is 6. The summed E-state index contributed by atoms with van der Waals surface area (Å²) in [6.45, 7) is 20.6. The maximum atomic E-state index is 13.0. The summed E-state index contributed by atoms with van der Waals surface area (Å²) in [7, 11) is 10.0. The number of esters is 5. The Hall–Kier alpha value is -11.3. The van der Waals surface area contributed by atoms with E-state index in [-0.39, 0.29) is 111 Å². The summed E-state index contributed by atoms with van der Waals surface area (Å²) >= 11 is 3.03. The van der Waals surface area contributed by atoms with Crippen molar-refractivity contribution in [3.8, 4) is 17.2 Å². The SMILES string of the molecule is C.CO.COC(=O)C1(Cc2ccccc2)CCN(C(=O)OC(C)(C)C)CC1.COC(=O)C1(Cc2ccccc2)CCN(CCOc2cc(N)cc(C(F)(F)F)c2)CC1.COC(=O)C1(Cc2ccccc2)CCN(CCOc2cc([N+](=O)[O-])cc(C(F)(F)F)c2)CC1.COC(=O)C1CCN(C(=O)OC(C)(C)C)CC1.COC(=O)C1CCNCC1.C[B]OOCB=O.O=[N+]([O-])c1cc(OCCBr)cc(C(F)(F)F)c1. The van der Waals surface area contributed by atoms with E-state index in [9.17, 15) is 98.0 Å². The molecule has 33 nitrogen and oxygen atoms in total. The molecule has 2 amide bonds. The van der Waals surface area contributed by atoms with Gasteiger partial charge in [0.2, 0.25) is 0 Å². The average molecular weight is 2080 g/mol. The van der Waals surface area contributed by atoms with Gasteiger partial charge >= 0.3 is 103 Å². The zero-order chi connectivity index (χ0) is 105. The van der Waals surface area contributed by atoms with Crippen molar-refractivity contribution >= 4 is 89.7 Å². The number of non-ortho nitro benzene ring substituents is 2. The van der Waals surface area contributed by atoms with Gasteiger partial charge in [-0.05, 0) is 205 Å². The largest absolute Gasteiger partial charge is 0.492 e. The fourth-order valence-electron chi connectivity index (χ4n) is 15.5. The van der Waals surface area contributed by atoms with Gasteiger partial charge in [-0.1, -0.05) is 114 Å². The molecule has 5 saturated heterocycles. The number of aliphatic hydroxyl groups excluding tert-OH is 1. The minimum Gasteiger partial charge on any atom is -0.492 e. The predicted octanol–water partition coefficient (Wildman–Crippen LogP) is 17.3. The van der Waals surface area contributed by atoms with E-state index < -0.39 is 83.9 Å². The molecule has 5 aliphatic rings. The van der Waals surface area contributed by atoms with Crippen LogP contribution in [0, 0.1) is 48.3 Å². The third-order valence-electron chi connectivity index (χ3n) is 22.7. The number of halogens is 10. The number of piperidine rings is 5. The Morgan fingerprint density at radius 3 is 1.09 bits per heavy atom. The van der Waals surface area contributed by atoms with Crippen molar-refractivity contribution < 1.29 is 150 Å². The summed E-state index contributed by atoms with van der Waals surface area (Å²) in [4.78, 5) is 119. The van der Waals surface area contributed by atoms with Gasteiger partial charge < -0.3 is 73.3 Å². The smallest absolute Gasteiger partial charge is 0.416 e. The van der Waals surface area contributed by atoms with Gasteiger partial charge in [0.15, 0.2) is 0 Å². The first-order valence-electron chi connectivity index (χ1n) is 45.3. The molecular formula is C97H133B2BrF9N8O25. The van der Waals surface area contributed by atoms with Crippen LogP contribution in [0.1, 0.15) is 147 Å². The number of amides is 2. The molecule has 45 heteroatoms. The summed E-state index contributed by atoms with van der Waals surface area (Å²) in [5, 5.41) is 32.0. The molecule has 4 N–H and O–H groups in total. The predicted molar refractivity (Wildman–Crippen MR) is 515 cm³/mol. The number of carbonyl (C=O) groups excluding carboxylic acids is 7. The molecule has 0 atom stereocenters. The summed E-state index contributed by atoms with van der Waals surface area (Å²) in [5.74, 6) is -1.12. The van der Waals surface area contributed by atoms with Crippen LogP contribution in [0.25, 0.3) is 0 Å². The van der Waals surface area contributed by atoms with Crippen LogP contribution in [0.3, 0.4) is 0 Å². The van der Waals surface area contributed by atoms with Gasteiger partial charge in [0, 0.05) is 75.6 Å². The maximum Gasteiger partial charge on any atom is 0.416 e. The molecule has 0 bridgehead atoms. The molecule has 0 spiro atoms. The van der Waals surface area contributed by atoms with E-state index in [1.54, 1.807) is 16.6 Å². The third-order valence-corrected chi connectivity index (χ3v) is 23.0. The molecule has 5 aliphatic heterocycles. The number of nitrogens with one attached hydrogen (secondary N) is 1. The van der Waals surface area contributed by atoms with Gasteiger partial charge in [0.05, 0.1) is 109 Å². The summed E-state index contributed by atoms with van der Waals surface area (Å²) in [6.07, 6.45) is -5.92. The number of nitro benzene ring substituents is 2. The van der Waals surface area contributed by atoms with E-state index >= 15 is 0 Å². The van der Waals surface area contributed by atoms with Crippen molar-refractivity contribution in [1.82, 2.24) is 24.9 Å². The normalized spacial score (nSPS) is 15.7. The number of likely N-dealkylation sites (tertiary alicyclic amines) is 4. The van der Waals surface area contributed by atoms with Gasteiger partial charge in [0.25, 0.3) is 11.4 Å². The van der Waals surface area contributed by atoms with E-state index in [4.69, 9.17) is 53.5 Å². The van der Waals surface area contributed by atoms with Crippen molar-refractivity contribution in [2.45, 2.75) is 169 Å². The Bertz CT molecular complexity index is 4820. The van der Waals surface area contributed by atoms with Crippen LogP contribution in [0.4, 0.5) is 66.2 Å². The number of hydrogen-bond acceptors (Lipinski definition) is 29. The first-order chi connectivity index (χ1) is 66.5. The molecule has 787 valence electrons. The molecule has 1 radical (unpaired) electrons. The monoisotopic (exact) mass is 2080 g/mol. The fourth-order valence-corrected chi connectivity index (χ4v) is 15.6. The molecular weight excluding hydrogens is 1950 g/mol. The first kappa shape index (κ1) is 125. The third kappa shape index (κ3) is 44.3. The minimum atomic E-state index is -4.72. The number of anilines is 1. The van der Waals surface area contributed by atoms with Crippen LogP contribution in [0.15, 0.2) is 146 Å². The molecule has 5 heterocycles. The number of aliphatic hydroxyl groups is 1. The number of nitro groups is 2. The number of nitrogen functional groups attached to an aromatic ring is 1. The maximum absolute atomic E-state index is 13.0. The second kappa shape index (κ2) is 61.7. The van der Waals surface area contributed by atoms with Gasteiger partial charge in [-0.3, -0.25) is 54.0 Å². The number of nitrogens with two attached hydrogens (primary N) is 1. The number of nitrogens with zero attached hydrogens (tertiary/aromatic N) is 6. The van der Waals surface area contributed by atoms with E-state index in [0.29, 0.717) is 161 Å². The van der Waals surface area contributed by atoms with Gasteiger partial charge in [-0.15, -0.1) is 0 Å². The Kier molecular flexibility index (Phi) is 54.2. The number of ether oxygens (including phenoxy) is 10. The summed E-state index contributed by atoms with van der Waals surface area (Å²) in [5.41, 5.74) is 1.67. The first-order valence-corrected chi connectivity index (χ1v) is 46.4. The van der Waals surface area contributed by atoms with Gasteiger partial charge in [-0.2, -0.15) is 39.5 Å². The summed E-state index contributed by atoms with van der Waals surface area (Å²) in [6, 6.07) is 37.1. The number of hydrogen-bond donors (Lipinski definition) is 3.